The minimum absolute atomic E-state index is 0.327. The molecule has 0 spiro atoms. The smallest absolute Gasteiger partial charge is 0.0725 e. The van der Waals surface area contributed by atoms with Crippen molar-refractivity contribution in [1.82, 2.24) is 5.32 Å². The zero-order valence-electron chi connectivity index (χ0n) is 10.6. The van der Waals surface area contributed by atoms with Crippen LogP contribution in [0.25, 0.3) is 0 Å². The van der Waals surface area contributed by atoms with Gasteiger partial charge in [0, 0.05) is 19.1 Å². The van der Waals surface area contributed by atoms with Crippen molar-refractivity contribution in [3.05, 3.63) is 0 Å². The summed E-state index contributed by atoms with van der Waals surface area (Å²) >= 11 is 0. The van der Waals surface area contributed by atoms with E-state index in [2.05, 4.69) is 37.9 Å². The summed E-state index contributed by atoms with van der Waals surface area (Å²) < 4.78 is 5.73. The van der Waals surface area contributed by atoms with Crippen LogP contribution in [-0.2, 0) is 4.74 Å². The number of ether oxygens (including phenoxy) is 1. The van der Waals surface area contributed by atoms with Gasteiger partial charge >= 0.3 is 0 Å². The van der Waals surface area contributed by atoms with Crippen LogP contribution in [0.3, 0.4) is 0 Å². The SMILES string of the molecule is CC#CCCC(NCC)C(CC)OCC. The molecule has 0 fully saturated rings. The number of hydrogen-bond donors (Lipinski definition) is 1. The first-order valence-corrected chi connectivity index (χ1v) is 6.04. The van der Waals surface area contributed by atoms with Crippen LogP contribution in [-0.4, -0.2) is 25.3 Å². The second-order valence-corrected chi connectivity index (χ2v) is 3.53. The van der Waals surface area contributed by atoms with Gasteiger partial charge in [0.2, 0.25) is 0 Å². The predicted molar refractivity (Wildman–Crippen MR) is 65.9 cm³/mol. The maximum Gasteiger partial charge on any atom is 0.0725 e. The average Bonchev–Trinajstić information content (AvgIpc) is 2.25. The molecule has 0 heterocycles. The summed E-state index contributed by atoms with van der Waals surface area (Å²) in [4.78, 5) is 0. The standard InChI is InChI=1S/C13H25NO/c1-5-9-10-11-12(14-7-3)13(6-2)15-8-4/h12-14H,6-8,10-11H2,1-4H3. The zero-order valence-corrected chi connectivity index (χ0v) is 10.6. The number of likely N-dealkylation sites (N-methyl/N-ethyl adjacent to an activating group) is 1. The molecule has 0 saturated carbocycles. The molecule has 0 radical (unpaired) electrons. The topological polar surface area (TPSA) is 21.3 Å². The molecule has 2 atom stereocenters. The van der Waals surface area contributed by atoms with Gasteiger partial charge in [-0.2, -0.15) is 0 Å². The third-order valence-corrected chi connectivity index (χ3v) is 2.46. The van der Waals surface area contributed by atoms with Crippen molar-refractivity contribution in [2.24, 2.45) is 0 Å². The number of hydrogen-bond acceptors (Lipinski definition) is 2. The third-order valence-electron chi connectivity index (χ3n) is 2.46. The highest BCUT2D eigenvalue weighted by molar-refractivity contribution is 4.96. The van der Waals surface area contributed by atoms with E-state index in [1.807, 2.05) is 6.92 Å². The Kier molecular flexibility index (Phi) is 9.67. The van der Waals surface area contributed by atoms with Gasteiger partial charge < -0.3 is 10.1 Å². The van der Waals surface area contributed by atoms with E-state index in [1.54, 1.807) is 0 Å². The van der Waals surface area contributed by atoms with Crippen LogP contribution in [0, 0.1) is 11.8 Å². The molecule has 0 aliphatic heterocycles. The molecule has 88 valence electrons. The Balaban J connectivity index is 4.10. The molecule has 0 aliphatic rings. The molecule has 0 aromatic carbocycles. The Bertz CT molecular complexity index is 192. The Hall–Kier alpha value is -0.520. The Morgan fingerprint density at radius 2 is 2.00 bits per heavy atom. The van der Waals surface area contributed by atoms with Gasteiger partial charge in [0.15, 0.2) is 0 Å². The van der Waals surface area contributed by atoms with E-state index in [9.17, 15) is 0 Å². The first-order valence-electron chi connectivity index (χ1n) is 6.04. The molecule has 2 unspecified atom stereocenters. The van der Waals surface area contributed by atoms with E-state index in [4.69, 9.17) is 4.74 Å². The maximum atomic E-state index is 5.73. The molecule has 15 heavy (non-hydrogen) atoms. The van der Waals surface area contributed by atoms with Crippen LogP contribution in [0.1, 0.15) is 47.0 Å². The maximum absolute atomic E-state index is 5.73. The van der Waals surface area contributed by atoms with Crippen molar-refractivity contribution < 1.29 is 4.74 Å². The fourth-order valence-electron chi connectivity index (χ4n) is 1.77. The molecule has 0 amide bonds. The van der Waals surface area contributed by atoms with Crippen molar-refractivity contribution in [2.45, 2.75) is 59.1 Å². The Morgan fingerprint density at radius 1 is 1.27 bits per heavy atom. The van der Waals surface area contributed by atoms with Crippen LogP contribution in [0.15, 0.2) is 0 Å². The average molecular weight is 211 g/mol. The normalized spacial score (nSPS) is 14.1. The molecule has 0 bridgehead atoms. The van der Waals surface area contributed by atoms with E-state index in [1.165, 1.54) is 0 Å². The van der Waals surface area contributed by atoms with Crippen molar-refractivity contribution in [2.75, 3.05) is 13.2 Å². The fraction of sp³-hybridized carbons (Fsp3) is 0.846. The lowest BCUT2D eigenvalue weighted by atomic mass is 10.0. The second kappa shape index (κ2) is 10.0. The monoisotopic (exact) mass is 211 g/mol. The number of rotatable bonds is 8. The minimum atomic E-state index is 0.327. The molecule has 1 N–H and O–H groups in total. The van der Waals surface area contributed by atoms with Crippen LogP contribution in [0.4, 0.5) is 0 Å². The lowest BCUT2D eigenvalue weighted by Crippen LogP contribution is -2.41. The van der Waals surface area contributed by atoms with Crippen molar-refractivity contribution in [3.63, 3.8) is 0 Å². The molecule has 2 nitrogen and oxygen atoms in total. The van der Waals surface area contributed by atoms with Gasteiger partial charge in [-0.3, -0.25) is 0 Å². The molecule has 0 rings (SSSR count). The van der Waals surface area contributed by atoms with E-state index in [0.29, 0.717) is 12.1 Å². The van der Waals surface area contributed by atoms with Crippen molar-refractivity contribution >= 4 is 0 Å². The Morgan fingerprint density at radius 3 is 2.47 bits per heavy atom. The van der Waals surface area contributed by atoms with E-state index in [-0.39, 0.29) is 0 Å². The Labute approximate surface area is 94.8 Å². The molecule has 0 aromatic heterocycles. The summed E-state index contributed by atoms with van der Waals surface area (Å²) in [5, 5.41) is 3.48. The molecule has 2 heteroatoms. The lowest BCUT2D eigenvalue weighted by molar-refractivity contribution is 0.0304. The van der Waals surface area contributed by atoms with E-state index in [0.717, 1.165) is 32.4 Å². The zero-order chi connectivity index (χ0) is 11.5. The summed E-state index contributed by atoms with van der Waals surface area (Å²) in [6.45, 7) is 10.0. The highest BCUT2D eigenvalue weighted by Gasteiger charge is 2.18. The fourth-order valence-corrected chi connectivity index (χ4v) is 1.77. The summed E-state index contributed by atoms with van der Waals surface area (Å²) in [6.07, 6.45) is 3.42. The number of nitrogens with one attached hydrogen (secondary N) is 1. The second-order valence-electron chi connectivity index (χ2n) is 3.53. The van der Waals surface area contributed by atoms with Gasteiger partial charge in [-0.1, -0.05) is 13.8 Å². The van der Waals surface area contributed by atoms with Gasteiger partial charge in [-0.25, -0.2) is 0 Å². The van der Waals surface area contributed by atoms with Crippen LogP contribution < -0.4 is 5.32 Å². The molecule has 0 aromatic rings. The molecular formula is C13H25NO. The largest absolute Gasteiger partial charge is 0.377 e. The molecule has 0 saturated heterocycles. The van der Waals surface area contributed by atoms with Crippen molar-refractivity contribution in [3.8, 4) is 11.8 Å². The van der Waals surface area contributed by atoms with Crippen LogP contribution in [0.2, 0.25) is 0 Å². The lowest BCUT2D eigenvalue weighted by Gasteiger charge is -2.26. The summed E-state index contributed by atoms with van der Waals surface area (Å²) in [5.41, 5.74) is 0. The highest BCUT2D eigenvalue weighted by Crippen LogP contribution is 2.10. The van der Waals surface area contributed by atoms with Gasteiger partial charge in [-0.15, -0.1) is 11.8 Å². The molecule has 0 aliphatic carbocycles. The predicted octanol–water partition coefficient (Wildman–Crippen LogP) is 2.58. The van der Waals surface area contributed by atoms with E-state index < -0.39 is 0 Å². The minimum Gasteiger partial charge on any atom is -0.377 e. The van der Waals surface area contributed by atoms with Crippen LogP contribution in [0.5, 0.6) is 0 Å². The van der Waals surface area contributed by atoms with Gasteiger partial charge in [0.05, 0.1) is 6.10 Å². The van der Waals surface area contributed by atoms with Gasteiger partial charge in [0.25, 0.3) is 0 Å². The van der Waals surface area contributed by atoms with Gasteiger partial charge in [0.1, 0.15) is 0 Å². The quantitative estimate of drug-likeness (QED) is 0.623. The van der Waals surface area contributed by atoms with Gasteiger partial charge in [-0.05, 0) is 33.2 Å². The highest BCUT2D eigenvalue weighted by atomic mass is 16.5. The van der Waals surface area contributed by atoms with Crippen LogP contribution >= 0.6 is 0 Å². The molecular weight excluding hydrogens is 186 g/mol. The summed E-state index contributed by atoms with van der Waals surface area (Å²) in [6, 6.07) is 0.445. The van der Waals surface area contributed by atoms with Crippen molar-refractivity contribution in [1.29, 1.82) is 0 Å². The summed E-state index contributed by atoms with van der Waals surface area (Å²) in [7, 11) is 0. The third kappa shape index (κ3) is 6.54. The first kappa shape index (κ1) is 14.5. The summed E-state index contributed by atoms with van der Waals surface area (Å²) in [5.74, 6) is 6.05. The van der Waals surface area contributed by atoms with E-state index >= 15 is 0 Å². The first-order chi connectivity index (χ1) is 7.29.